The first-order valence-corrected chi connectivity index (χ1v) is 12.0. The molecule has 0 aliphatic carbocycles. The largest absolute Gasteiger partial charge is 0.490 e. The van der Waals surface area contributed by atoms with Gasteiger partial charge in [0.25, 0.3) is 11.8 Å². The molecule has 1 unspecified atom stereocenters. The van der Waals surface area contributed by atoms with Gasteiger partial charge in [0, 0.05) is 31.1 Å². The summed E-state index contributed by atoms with van der Waals surface area (Å²) in [5.41, 5.74) is -0.387. The van der Waals surface area contributed by atoms with E-state index in [9.17, 15) is 22.8 Å². The molecule has 2 amide bonds. The van der Waals surface area contributed by atoms with E-state index < -0.39 is 18.2 Å². The number of hydrogen-bond acceptors (Lipinski definition) is 7. The second kappa shape index (κ2) is 11.4. The van der Waals surface area contributed by atoms with E-state index >= 15 is 0 Å². The molecule has 0 bridgehead atoms. The second-order valence-electron chi connectivity index (χ2n) is 8.79. The zero-order valence-corrected chi connectivity index (χ0v) is 20.7. The van der Waals surface area contributed by atoms with Crippen molar-refractivity contribution in [3.8, 4) is 0 Å². The molecule has 4 heterocycles. The molecule has 2 N–H and O–H groups in total. The highest BCUT2D eigenvalue weighted by Crippen LogP contribution is 2.33. The van der Waals surface area contributed by atoms with Crippen LogP contribution in [0.3, 0.4) is 0 Å². The molecular weight excluding hydrogens is 503 g/mol. The molecule has 198 valence electrons. The van der Waals surface area contributed by atoms with Crippen LogP contribution in [0.5, 0.6) is 0 Å². The number of piperidine rings is 1. The van der Waals surface area contributed by atoms with Crippen molar-refractivity contribution in [3.05, 3.63) is 46.0 Å². The first-order chi connectivity index (χ1) is 16.9. The van der Waals surface area contributed by atoms with Crippen LogP contribution in [0.15, 0.2) is 34.9 Å². The number of furan rings is 1. The van der Waals surface area contributed by atoms with E-state index in [1.54, 1.807) is 12.3 Å². The molecule has 4 rings (SSSR count). The number of likely N-dealkylation sites (tertiary alicyclic amines) is 1. The maximum atomic E-state index is 12.7. The quantitative estimate of drug-likeness (QED) is 0.624. The summed E-state index contributed by atoms with van der Waals surface area (Å²) >= 11 is 1.53. The number of amides is 2. The van der Waals surface area contributed by atoms with Crippen LogP contribution in [-0.4, -0.2) is 83.8 Å². The maximum absolute atomic E-state index is 12.7. The van der Waals surface area contributed by atoms with Gasteiger partial charge in [-0.2, -0.15) is 13.2 Å². The highest BCUT2D eigenvalue weighted by atomic mass is 32.1. The van der Waals surface area contributed by atoms with E-state index in [1.807, 2.05) is 37.1 Å². The number of carbonyl (C=O) groups excluding carboxylic acids is 2. The Labute approximate surface area is 209 Å². The molecule has 36 heavy (non-hydrogen) atoms. The van der Waals surface area contributed by atoms with Crippen LogP contribution >= 0.6 is 11.3 Å². The number of carboxylic acids is 1. The van der Waals surface area contributed by atoms with Crippen molar-refractivity contribution < 1.29 is 41.8 Å². The van der Waals surface area contributed by atoms with Gasteiger partial charge in [0.2, 0.25) is 0 Å². The minimum absolute atomic E-state index is 0.0925. The van der Waals surface area contributed by atoms with E-state index in [4.69, 9.17) is 19.1 Å². The van der Waals surface area contributed by atoms with Crippen molar-refractivity contribution in [2.24, 2.45) is 0 Å². The first kappa shape index (κ1) is 27.7. The molecule has 2 saturated heterocycles. The SMILES string of the molecule is Cc1ccc(C(=O)N2CCC3(CC2)CN(C)CC(C(=O)NCc2ccco2)O3)s1.O=C(O)C(F)(F)F. The summed E-state index contributed by atoms with van der Waals surface area (Å²) in [5.74, 6) is -2.07. The number of rotatable bonds is 4. The van der Waals surface area contributed by atoms with Crippen molar-refractivity contribution in [2.75, 3.05) is 33.2 Å². The van der Waals surface area contributed by atoms with Crippen LogP contribution < -0.4 is 5.32 Å². The van der Waals surface area contributed by atoms with E-state index in [0.717, 1.165) is 29.1 Å². The van der Waals surface area contributed by atoms with Crippen LogP contribution in [0.4, 0.5) is 13.2 Å². The molecule has 2 aromatic heterocycles. The molecule has 2 aromatic rings. The molecule has 1 spiro atoms. The molecule has 1 atom stereocenters. The summed E-state index contributed by atoms with van der Waals surface area (Å²) in [4.78, 5) is 40.3. The van der Waals surface area contributed by atoms with E-state index in [2.05, 4.69) is 10.2 Å². The van der Waals surface area contributed by atoms with Crippen molar-refractivity contribution in [2.45, 2.75) is 44.2 Å². The van der Waals surface area contributed by atoms with Crippen LogP contribution in [0.2, 0.25) is 0 Å². The average molecular weight is 532 g/mol. The number of halogens is 3. The highest BCUT2D eigenvalue weighted by molar-refractivity contribution is 7.13. The van der Waals surface area contributed by atoms with Gasteiger partial charge < -0.3 is 29.4 Å². The Morgan fingerprint density at radius 2 is 1.89 bits per heavy atom. The molecule has 0 saturated carbocycles. The molecular formula is C23H28F3N3O6S. The van der Waals surface area contributed by atoms with Crippen molar-refractivity contribution >= 4 is 29.1 Å². The molecule has 9 nitrogen and oxygen atoms in total. The number of ether oxygens (including phenoxy) is 1. The molecule has 0 radical (unpaired) electrons. The molecule has 2 aliphatic rings. The lowest BCUT2D eigenvalue weighted by Gasteiger charge is -2.48. The molecule has 13 heteroatoms. The normalized spacial score (nSPS) is 19.9. The fourth-order valence-corrected chi connectivity index (χ4v) is 4.99. The van der Waals surface area contributed by atoms with Crippen molar-refractivity contribution in [3.63, 3.8) is 0 Å². The number of carboxylic acid groups (broad SMARTS) is 1. The minimum atomic E-state index is -5.08. The lowest BCUT2D eigenvalue weighted by molar-refractivity contribution is -0.192. The van der Waals surface area contributed by atoms with Crippen LogP contribution in [0.25, 0.3) is 0 Å². The number of hydrogen-bond donors (Lipinski definition) is 2. The Morgan fingerprint density at radius 3 is 2.42 bits per heavy atom. The number of aliphatic carboxylic acids is 1. The highest BCUT2D eigenvalue weighted by Gasteiger charge is 2.44. The average Bonchev–Trinajstić information content (AvgIpc) is 3.48. The first-order valence-electron chi connectivity index (χ1n) is 11.2. The minimum Gasteiger partial charge on any atom is -0.475 e. The Bertz CT molecular complexity index is 1050. The molecule has 0 aromatic carbocycles. The van der Waals surface area contributed by atoms with E-state index in [-0.39, 0.29) is 17.4 Å². The second-order valence-corrected chi connectivity index (χ2v) is 10.1. The lowest BCUT2D eigenvalue weighted by Crippen LogP contribution is -2.61. The summed E-state index contributed by atoms with van der Waals surface area (Å²) in [6, 6.07) is 7.51. The van der Waals surface area contributed by atoms with Gasteiger partial charge in [-0.3, -0.25) is 9.59 Å². The summed E-state index contributed by atoms with van der Waals surface area (Å²) in [5, 5.41) is 10.0. The number of nitrogens with one attached hydrogen (secondary N) is 1. The van der Waals surface area contributed by atoms with Crippen molar-refractivity contribution in [1.82, 2.24) is 15.1 Å². The maximum Gasteiger partial charge on any atom is 0.490 e. The Balaban J connectivity index is 0.000000454. The standard InChI is InChI=1S/C21H27N3O4S.C2HF3O2/c1-15-5-6-18(29-15)20(26)24-9-7-21(8-10-24)14-23(2)13-17(28-21)19(25)22-12-16-4-3-11-27-16;3-2(4,5)1(6)7/h3-6,11,17H,7-10,12-14H2,1-2H3,(H,22,25);(H,6,7). The monoisotopic (exact) mass is 531 g/mol. The van der Waals surface area contributed by atoms with Crippen molar-refractivity contribution in [1.29, 1.82) is 0 Å². The number of morpholine rings is 1. The summed E-state index contributed by atoms with van der Waals surface area (Å²) < 4.78 is 43.3. The van der Waals surface area contributed by atoms with E-state index in [1.165, 1.54) is 11.3 Å². The summed E-state index contributed by atoms with van der Waals surface area (Å²) in [6.45, 7) is 4.98. The third-order valence-electron chi connectivity index (χ3n) is 5.89. The van der Waals surface area contributed by atoms with Gasteiger partial charge in [-0.25, -0.2) is 4.79 Å². The van der Waals surface area contributed by atoms with Gasteiger partial charge >= 0.3 is 12.1 Å². The zero-order valence-electron chi connectivity index (χ0n) is 19.8. The predicted octanol–water partition coefficient (Wildman–Crippen LogP) is 2.90. The van der Waals surface area contributed by atoms with Crippen LogP contribution in [0.1, 0.15) is 33.2 Å². The molecule has 2 fully saturated rings. The number of thiophene rings is 1. The van der Waals surface area contributed by atoms with E-state index in [0.29, 0.717) is 31.9 Å². The van der Waals surface area contributed by atoms with Gasteiger partial charge in [-0.1, -0.05) is 0 Å². The van der Waals surface area contributed by atoms with Gasteiger partial charge in [0.05, 0.1) is 23.3 Å². The number of alkyl halides is 3. The Hall–Kier alpha value is -2.90. The Morgan fingerprint density at radius 1 is 1.22 bits per heavy atom. The Kier molecular flexibility index (Phi) is 8.80. The number of aryl methyl sites for hydroxylation is 1. The smallest absolute Gasteiger partial charge is 0.475 e. The lowest BCUT2D eigenvalue weighted by atomic mass is 9.88. The topological polar surface area (TPSA) is 112 Å². The van der Waals surface area contributed by atoms with Crippen LogP contribution in [-0.2, 0) is 20.9 Å². The number of likely N-dealkylation sites (N-methyl/N-ethyl adjacent to an activating group) is 1. The van der Waals surface area contributed by atoms with Gasteiger partial charge in [0.1, 0.15) is 11.9 Å². The predicted molar refractivity (Wildman–Crippen MR) is 124 cm³/mol. The summed E-state index contributed by atoms with van der Waals surface area (Å²) in [7, 11) is 2.02. The van der Waals surface area contributed by atoms with Crippen LogP contribution in [0, 0.1) is 6.92 Å². The fourth-order valence-electron chi connectivity index (χ4n) is 4.15. The molecule has 2 aliphatic heterocycles. The van der Waals surface area contributed by atoms with Gasteiger partial charge in [0.15, 0.2) is 0 Å². The third-order valence-corrected chi connectivity index (χ3v) is 6.88. The number of carbonyl (C=O) groups is 3. The fraction of sp³-hybridized carbons (Fsp3) is 0.522. The third kappa shape index (κ3) is 7.31. The summed E-state index contributed by atoms with van der Waals surface area (Å²) in [6.07, 6.45) is -2.55. The van der Waals surface area contributed by atoms with Gasteiger partial charge in [-0.15, -0.1) is 11.3 Å². The number of nitrogens with zero attached hydrogens (tertiary/aromatic N) is 2. The van der Waals surface area contributed by atoms with Gasteiger partial charge in [-0.05, 0) is 51.1 Å². The zero-order chi connectivity index (χ0) is 26.5.